The number of nitrogens with zero attached hydrogens (tertiary/aromatic N) is 1. The lowest BCUT2D eigenvalue weighted by molar-refractivity contribution is 0.0758. The van der Waals surface area contributed by atoms with Gasteiger partial charge in [-0.05, 0) is 44.0 Å². The topological polar surface area (TPSA) is 42.0 Å². The van der Waals surface area contributed by atoms with Crippen LogP contribution in [0.1, 0.15) is 28.9 Å². The van der Waals surface area contributed by atoms with E-state index in [-0.39, 0.29) is 23.6 Å². The van der Waals surface area contributed by atoms with Crippen molar-refractivity contribution in [1.29, 1.82) is 0 Å². The molecular weight excluding hydrogens is 224 g/mol. The second-order valence-electron chi connectivity index (χ2n) is 4.55. The van der Waals surface area contributed by atoms with Gasteiger partial charge in [-0.15, -0.1) is 12.4 Å². The molecule has 4 heteroatoms. The highest BCUT2D eigenvalue weighted by molar-refractivity contribution is 6.03. The van der Waals surface area contributed by atoms with Crippen molar-refractivity contribution in [3.05, 3.63) is 29.6 Å². The molecule has 0 radical (unpaired) electrons. The molecule has 2 heterocycles. The number of pyridine rings is 1. The first-order valence-corrected chi connectivity index (χ1v) is 5.51. The Morgan fingerprint density at radius 1 is 1.31 bits per heavy atom. The molecule has 3 nitrogen and oxygen atoms in total. The molecule has 1 fully saturated rings. The van der Waals surface area contributed by atoms with Crippen LogP contribution in [0.2, 0.25) is 0 Å². The summed E-state index contributed by atoms with van der Waals surface area (Å²) < 4.78 is 0. The van der Waals surface area contributed by atoms with Gasteiger partial charge < -0.3 is 5.32 Å². The van der Waals surface area contributed by atoms with E-state index < -0.39 is 0 Å². The van der Waals surface area contributed by atoms with Gasteiger partial charge in [0.2, 0.25) is 0 Å². The first kappa shape index (κ1) is 11.6. The molecule has 0 unspecified atom stereocenters. The zero-order valence-corrected chi connectivity index (χ0v) is 9.85. The fourth-order valence-electron chi connectivity index (χ4n) is 2.79. The van der Waals surface area contributed by atoms with E-state index in [0.717, 1.165) is 43.6 Å². The van der Waals surface area contributed by atoms with Crippen LogP contribution in [0.4, 0.5) is 0 Å². The van der Waals surface area contributed by atoms with E-state index in [1.54, 1.807) is 6.20 Å². The minimum atomic E-state index is -0.123. The number of nitrogens with one attached hydrogen (secondary N) is 1. The van der Waals surface area contributed by atoms with Crippen molar-refractivity contribution in [2.45, 2.75) is 19.3 Å². The third kappa shape index (κ3) is 1.55. The van der Waals surface area contributed by atoms with Crippen LogP contribution in [-0.2, 0) is 6.42 Å². The molecule has 86 valence electrons. The Bertz CT molecular complexity index is 413. The van der Waals surface area contributed by atoms with Gasteiger partial charge in [-0.25, -0.2) is 0 Å². The normalized spacial score (nSPS) is 21.6. The quantitative estimate of drug-likeness (QED) is 0.747. The Hall–Kier alpha value is -0.930. The average Bonchev–Trinajstić information content (AvgIpc) is 2.54. The van der Waals surface area contributed by atoms with E-state index in [4.69, 9.17) is 0 Å². The Balaban J connectivity index is 0.000000963. The molecule has 0 atom stereocenters. The van der Waals surface area contributed by atoms with Crippen LogP contribution >= 0.6 is 12.4 Å². The second-order valence-corrected chi connectivity index (χ2v) is 4.55. The number of carbonyl (C=O) groups is 1. The summed E-state index contributed by atoms with van der Waals surface area (Å²) in [5, 5.41) is 3.31. The number of rotatable bonds is 0. The zero-order chi connectivity index (χ0) is 10.3. The van der Waals surface area contributed by atoms with Crippen molar-refractivity contribution in [3.63, 3.8) is 0 Å². The van der Waals surface area contributed by atoms with Gasteiger partial charge in [-0.3, -0.25) is 9.78 Å². The van der Waals surface area contributed by atoms with Gasteiger partial charge in [0.1, 0.15) is 5.69 Å². The van der Waals surface area contributed by atoms with Crippen LogP contribution in [0.3, 0.4) is 0 Å². The van der Waals surface area contributed by atoms with Crippen molar-refractivity contribution >= 4 is 18.2 Å². The standard InChI is InChI=1S/C12H14N2O.ClH/c15-11-10-9(2-1-5-14-10)8-12(11)3-6-13-7-4-12;/h1-2,5,13H,3-4,6-8H2;1H. The molecule has 0 bridgehead atoms. The molecule has 1 aromatic heterocycles. The minimum absolute atomic E-state index is 0. The Kier molecular flexibility index (Phi) is 3.00. The number of hydrogen-bond donors (Lipinski definition) is 1. The summed E-state index contributed by atoms with van der Waals surface area (Å²) in [6.07, 6.45) is 4.54. The van der Waals surface area contributed by atoms with Gasteiger partial charge in [0, 0.05) is 11.6 Å². The number of halogens is 1. The lowest BCUT2D eigenvalue weighted by Crippen LogP contribution is -2.40. The van der Waals surface area contributed by atoms with Crippen LogP contribution in [0.25, 0.3) is 0 Å². The molecule has 3 rings (SSSR count). The van der Waals surface area contributed by atoms with Crippen molar-refractivity contribution in [2.75, 3.05) is 13.1 Å². The van der Waals surface area contributed by atoms with Crippen LogP contribution in [0.15, 0.2) is 18.3 Å². The SMILES string of the molecule is Cl.O=C1c2ncccc2CC12CCNCC2. The predicted molar refractivity (Wildman–Crippen MR) is 64.1 cm³/mol. The number of fused-ring (bicyclic) bond motifs is 1. The van der Waals surface area contributed by atoms with Gasteiger partial charge in [0.25, 0.3) is 0 Å². The van der Waals surface area contributed by atoms with Gasteiger partial charge >= 0.3 is 0 Å². The highest BCUT2D eigenvalue weighted by Gasteiger charge is 2.46. The zero-order valence-electron chi connectivity index (χ0n) is 9.03. The summed E-state index contributed by atoms with van der Waals surface area (Å²) in [5.41, 5.74) is 1.74. The molecule has 1 aromatic rings. The molecule has 1 saturated heterocycles. The predicted octanol–water partition coefficient (Wildman–Crippen LogP) is 1.61. The summed E-state index contributed by atoms with van der Waals surface area (Å²) in [4.78, 5) is 16.5. The first-order valence-electron chi connectivity index (χ1n) is 5.51. The molecule has 1 aliphatic heterocycles. The average molecular weight is 239 g/mol. The highest BCUT2D eigenvalue weighted by atomic mass is 35.5. The largest absolute Gasteiger partial charge is 0.317 e. The number of carbonyl (C=O) groups excluding carboxylic acids is 1. The monoisotopic (exact) mass is 238 g/mol. The van der Waals surface area contributed by atoms with Crippen molar-refractivity contribution in [1.82, 2.24) is 10.3 Å². The molecule has 0 aromatic carbocycles. The fourth-order valence-corrected chi connectivity index (χ4v) is 2.79. The number of piperidine rings is 1. The summed E-state index contributed by atoms with van der Waals surface area (Å²) in [6.45, 7) is 1.92. The van der Waals surface area contributed by atoms with Gasteiger partial charge in [0.15, 0.2) is 5.78 Å². The highest BCUT2D eigenvalue weighted by Crippen LogP contribution is 2.42. The summed E-state index contributed by atoms with van der Waals surface area (Å²) >= 11 is 0. The third-order valence-corrected chi connectivity index (χ3v) is 3.68. The number of ketones is 1. The molecule has 2 aliphatic rings. The maximum atomic E-state index is 12.3. The van der Waals surface area contributed by atoms with Crippen molar-refractivity contribution < 1.29 is 4.79 Å². The second kappa shape index (κ2) is 4.15. The van der Waals surface area contributed by atoms with E-state index >= 15 is 0 Å². The van der Waals surface area contributed by atoms with Crippen LogP contribution in [0.5, 0.6) is 0 Å². The Morgan fingerprint density at radius 2 is 2.06 bits per heavy atom. The Labute approximate surface area is 101 Å². The number of Topliss-reactive ketones (excluding diaryl/α,β-unsaturated/α-hetero) is 1. The van der Waals surface area contributed by atoms with Crippen LogP contribution in [-0.4, -0.2) is 23.9 Å². The van der Waals surface area contributed by atoms with E-state index in [1.807, 2.05) is 12.1 Å². The fraction of sp³-hybridized carbons (Fsp3) is 0.500. The lowest BCUT2D eigenvalue weighted by atomic mass is 9.76. The maximum Gasteiger partial charge on any atom is 0.188 e. The van der Waals surface area contributed by atoms with Crippen LogP contribution < -0.4 is 5.32 Å². The number of hydrogen-bond acceptors (Lipinski definition) is 3. The molecule has 0 saturated carbocycles. The van der Waals surface area contributed by atoms with Crippen LogP contribution in [0, 0.1) is 5.41 Å². The molecule has 1 aliphatic carbocycles. The first-order chi connectivity index (χ1) is 7.32. The molecule has 1 N–H and O–H groups in total. The summed E-state index contributed by atoms with van der Waals surface area (Å²) in [5.74, 6) is 0.277. The van der Waals surface area contributed by atoms with Gasteiger partial charge in [-0.2, -0.15) is 0 Å². The van der Waals surface area contributed by atoms with E-state index in [2.05, 4.69) is 10.3 Å². The molecular formula is C12H15ClN2O. The van der Waals surface area contributed by atoms with Gasteiger partial charge in [-0.1, -0.05) is 6.07 Å². The lowest BCUT2D eigenvalue weighted by Gasteiger charge is -2.31. The summed E-state index contributed by atoms with van der Waals surface area (Å²) in [6, 6.07) is 3.96. The van der Waals surface area contributed by atoms with Crippen molar-refractivity contribution in [3.8, 4) is 0 Å². The third-order valence-electron chi connectivity index (χ3n) is 3.68. The molecule has 0 amide bonds. The smallest absolute Gasteiger partial charge is 0.188 e. The Morgan fingerprint density at radius 3 is 2.75 bits per heavy atom. The molecule has 16 heavy (non-hydrogen) atoms. The number of aromatic nitrogens is 1. The molecule has 1 spiro atoms. The van der Waals surface area contributed by atoms with E-state index in [1.165, 1.54) is 0 Å². The van der Waals surface area contributed by atoms with E-state index in [9.17, 15) is 4.79 Å². The minimum Gasteiger partial charge on any atom is -0.317 e. The van der Waals surface area contributed by atoms with Crippen molar-refractivity contribution in [2.24, 2.45) is 5.41 Å². The maximum absolute atomic E-state index is 12.3. The van der Waals surface area contributed by atoms with Gasteiger partial charge in [0.05, 0.1) is 0 Å². The summed E-state index contributed by atoms with van der Waals surface area (Å²) in [7, 11) is 0. The van der Waals surface area contributed by atoms with E-state index in [0.29, 0.717) is 0 Å².